The van der Waals surface area contributed by atoms with Crippen molar-refractivity contribution in [1.29, 1.82) is 0 Å². The van der Waals surface area contributed by atoms with Gasteiger partial charge in [-0.2, -0.15) is 0 Å². The van der Waals surface area contributed by atoms with E-state index in [1.165, 1.54) is 0 Å². The van der Waals surface area contributed by atoms with Crippen LogP contribution in [0.2, 0.25) is 0 Å². The lowest BCUT2D eigenvalue weighted by molar-refractivity contribution is -0.132. The van der Waals surface area contributed by atoms with Crippen LogP contribution in [0.1, 0.15) is 18.4 Å². The summed E-state index contributed by atoms with van der Waals surface area (Å²) in [7, 11) is 1.66. The molecule has 0 spiro atoms. The minimum Gasteiger partial charge on any atom is -0.497 e. The highest BCUT2D eigenvalue weighted by atomic mass is 16.5. The molecule has 1 aliphatic heterocycles. The first kappa shape index (κ1) is 17.5. The maximum atomic E-state index is 12.1. The van der Waals surface area contributed by atoms with Gasteiger partial charge in [0, 0.05) is 13.1 Å². The Labute approximate surface area is 148 Å². The summed E-state index contributed by atoms with van der Waals surface area (Å²) in [5.74, 6) is 0.772. The van der Waals surface area contributed by atoms with Crippen LogP contribution in [-0.4, -0.2) is 31.8 Å². The minimum atomic E-state index is -0.371. The van der Waals surface area contributed by atoms with Crippen molar-refractivity contribution in [3.63, 3.8) is 0 Å². The number of nitrogens with two attached hydrogens (primary N) is 1. The zero-order valence-electron chi connectivity index (χ0n) is 14.4. The molecule has 0 bridgehead atoms. The quantitative estimate of drug-likeness (QED) is 0.847. The summed E-state index contributed by atoms with van der Waals surface area (Å²) >= 11 is 0. The van der Waals surface area contributed by atoms with E-state index in [2.05, 4.69) is 5.32 Å². The number of carbonyl (C=O) groups is 1. The maximum Gasteiger partial charge on any atom is 0.249 e. The fraction of sp³-hybridized carbons (Fsp3) is 0.350. The lowest BCUT2D eigenvalue weighted by Crippen LogP contribution is -2.35. The largest absolute Gasteiger partial charge is 0.497 e. The average molecular weight is 340 g/mol. The Hall–Kier alpha value is -2.37. The van der Waals surface area contributed by atoms with E-state index in [0.29, 0.717) is 13.1 Å². The molecular formula is C20H24N2O3. The number of benzene rings is 2. The van der Waals surface area contributed by atoms with Gasteiger partial charge < -0.3 is 20.5 Å². The molecule has 5 heteroatoms. The summed E-state index contributed by atoms with van der Waals surface area (Å²) in [6.45, 7) is 0.958. The van der Waals surface area contributed by atoms with Crippen molar-refractivity contribution in [2.45, 2.75) is 31.6 Å². The summed E-state index contributed by atoms with van der Waals surface area (Å²) in [6, 6.07) is 16.1. The Morgan fingerprint density at radius 3 is 2.68 bits per heavy atom. The SMILES string of the molecule is COc1cccc(-c2ccc(CNC(=O)[C@@H]3CC[C@H](CN)O3)cc2)c1. The molecule has 1 heterocycles. The fourth-order valence-corrected chi connectivity index (χ4v) is 2.99. The van der Waals surface area contributed by atoms with E-state index in [-0.39, 0.29) is 18.1 Å². The Balaban J connectivity index is 1.56. The zero-order valence-corrected chi connectivity index (χ0v) is 14.4. The standard InChI is InChI=1S/C20H24N2O3/c1-24-17-4-2-3-16(11-17)15-7-5-14(6-8-15)13-22-20(23)19-10-9-18(12-21)25-19/h2-8,11,18-19H,9-10,12-13,21H2,1H3,(H,22,23)/t18-,19+/m1/s1. The van der Waals surface area contributed by atoms with Crippen LogP contribution >= 0.6 is 0 Å². The zero-order chi connectivity index (χ0) is 17.6. The molecule has 0 radical (unpaired) electrons. The van der Waals surface area contributed by atoms with Crippen LogP contribution in [0.15, 0.2) is 48.5 Å². The topological polar surface area (TPSA) is 73.6 Å². The third kappa shape index (κ3) is 4.38. The molecule has 2 atom stereocenters. The summed E-state index contributed by atoms with van der Waals surface area (Å²) < 4.78 is 10.9. The van der Waals surface area contributed by atoms with Crippen molar-refractivity contribution in [2.24, 2.45) is 5.73 Å². The highest BCUT2D eigenvalue weighted by Gasteiger charge is 2.29. The molecule has 0 unspecified atom stereocenters. The van der Waals surface area contributed by atoms with Crippen molar-refractivity contribution in [3.8, 4) is 16.9 Å². The van der Waals surface area contributed by atoms with Gasteiger partial charge in [0.05, 0.1) is 13.2 Å². The van der Waals surface area contributed by atoms with Gasteiger partial charge in [-0.05, 0) is 41.7 Å². The van der Waals surface area contributed by atoms with Crippen LogP contribution in [0.25, 0.3) is 11.1 Å². The van der Waals surface area contributed by atoms with Gasteiger partial charge in [0.2, 0.25) is 5.91 Å². The Bertz CT molecular complexity index is 715. The van der Waals surface area contributed by atoms with Crippen LogP contribution in [0.4, 0.5) is 0 Å². The first-order chi connectivity index (χ1) is 12.2. The number of rotatable bonds is 6. The second-order valence-corrected chi connectivity index (χ2v) is 6.21. The molecule has 1 amide bonds. The van der Waals surface area contributed by atoms with E-state index in [4.69, 9.17) is 15.2 Å². The molecule has 1 saturated heterocycles. The predicted octanol–water partition coefficient (Wildman–Crippen LogP) is 2.48. The van der Waals surface area contributed by atoms with Crippen LogP contribution in [0, 0.1) is 0 Å². The molecule has 5 nitrogen and oxygen atoms in total. The van der Waals surface area contributed by atoms with Gasteiger partial charge in [0.1, 0.15) is 11.9 Å². The van der Waals surface area contributed by atoms with E-state index in [0.717, 1.165) is 35.3 Å². The highest BCUT2D eigenvalue weighted by Crippen LogP contribution is 2.24. The highest BCUT2D eigenvalue weighted by molar-refractivity contribution is 5.81. The molecule has 3 rings (SSSR count). The summed E-state index contributed by atoms with van der Waals surface area (Å²) in [5, 5.41) is 2.94. The summed E-state index contributed by atoms with van der Waals surface area (Å²) in [6.07, 6.45) is 1.23. The minimum absolute atomic E-state index is 0.0119. The first-order valence-electron chi connectivity index (χ1n) is 8.56. The van der Waals surface area contributed by atoms with Crippen LogP contribution < -0.4 is 15.8 Å². The van der Waals surface area contributed by atoms with E-state index in [1.807, 2.05) is 48.5 Å². The number of hydrogen-bond donors (Lipinski definition) is 2. The molecule has 0 aromatic heterocycles. The third-order valence-electron chi connectivity index (χ3n) is 4.49. The van der Waals surface area contributed by atoms with Crippen molar-refractivity contribution < 1.29 is 14.3 Å². The summed E-state index contributed by atoms with van der Waals surface area (Å²) in [4.78, 5) is 12.1. The smallest absolute Gasteiger partial charge is 0.249 e. The van der Waals surface area contributed by atoms with Gasteiger partial charge in [-0.25, -0.2) is 0 Å². The number of methoxy groups -OCH3 is 1. The average Bonchev–Trinajstić information content (AvgIpc) is 3.16. The normalized spacial score (nSPS) is 19.6. The molecule has 3 N–H and O–H groups in total. The van der Waals surface area contributed by atoms with Crippen LogP contribution in [0.5, 0.6) is 5.75 Å². The van der Waals surface area contributed by atoms with Crippen molar-refractivity contribution in [1.82, 2.24) is 5.32 Å². The number of hydrogen-bond acceptors (Lipinski definition) is 4. The van der Waals surface area contributed by atoms with Crippen molar-refractivity contribution >= 4 is 5.91 Å². The number of ether oxygens (including phenoxy) is 2. The fourth-order valence-electron chi connectivity index (χ4n) is 2.99. The van der Waals surface area contributed by atoms with Gasteiger partial charge in [-0.3, -0.25) is 4.79 Å². The Kier molecular flexibility index (Phi) is 5.68. The van der Waals surface area contributed by atoms with E-state index in [1.54, 1.807) is 7.11 Å². The first-order valence-corrected chi connectivity index (χ1v) is 8.56. The van der Waals surface area contributed by atoms with Gasteiger partial charge in [-0.15, -0.1) is 0 Å². The molecule has 0 aliphatic carbocycles. The number of nitrogens with one attached hydrogen (secondary N) is 1. The molecule has 1 fully saturated rings. The van der Waals surface area contributed by atoms with Crippen LogP contribution in [-0.2, 0) is 16.1 Å². The number of amides is 1. The molecule has 0 saturated carbocycles. The monoisotopic (exact) mass is 340 g/mol. The molecule has 132 valence electrons. The lowest BCUT2D eigenvalue weighted by Gasteiger charge is -2.13. The van der Waals surface area contributed by atoms with Gasteiger partial charge >= 0.3 is 0 Å². The predicted molar refractivity (Wildman–Crippen MR) is 97.2 cm³/mol. The number of carbonyl (C=O) groups excluding carboxylic acids is 1. The van der Waals surface area contributed by atoms with Crippen molar-refractivity contribution in [3.05, 3.63) is 54.1 Å². The van der Waals surface area contributed by atoms with Crippen LogP contribution in [0.3, 0.4) is 0 Å². The van der Waals surface area contributed by atoms with Gasteiger partial charge in [0.15, 0.2) is 0 Å². The Morgan fingerprint density at radius 1 is 1.20 bits per heavy atom. The lowest BCUT2D eigenvalue weighted by atomic mass is 10.0. The molecule has 2 aromatic carbocycles. The van der Waals surface area contributed by atoms with Gasteiger partial charge in [-0.1, -0.05) is 36.4 Å². The third-order valence-corrected chi connectivity index (χ3v) is 4.49. The van der Waals surface area contributed by atoms with E-state index >= 15 is 0 Å². The van der Waals surface area contributed by atoms with E-state index < -0.39 is 0 Å². The molecule has 25 heavy (non-hydrogen) atoms. The Morgan fingerprint density at radius 2 is 2.00 bits per heavy atom. The maximum absolute atomic E-state index is 12.1. The second kappa shape index (κ2) is 8.14. The van der Waals surface area contributed by atoms with E-state index in [9.17, 15) is 4.79 Å². The molecule has 2 aromatic rings. The summed E-state index contributed by atoms with van der Waals surface area (Å²) in [5.41, 5.74) is 8.84. The van der Waals surface area contributed by atoms with Gasteiger partial charge in [0.25, 0.3) is 0 Å². The molecule has 1 aliphatic rings. The molecular weight excluding hydrogens is 316 g/mol. The second-order valence-electron chi connectivity index (χ2n) is 6.21. The van der Waals surface area contributed by atoms with Crippen molar-refractivity contribution in [2.75, 3.05) is 13.7 Å².